The third-order valence-electron chi connectivity index (χ3n) is 4.58. The maximum absolute atomic E-state index is 12.0. The van der Waals surface area contributed by atoms with Gasteiger partial charge >= 0.3 is 22.7 Å². The minimum atomic E-state index is -1.73. The van der Waals surface area contributed by atoms with E-state index in [2.05, 4.69) is 15.3 Å². The van der Waals surface area contributed by atoms with Crippen LogP contribution in [0.1, 0.15) is 31.4 Å². The number of aryl methyl sites for hydroxylation is 1. The number of aliphatic carboxylic acids is 1. The summed E-state index contributed by atoms with van der Waals surface area (Å²) in [5, 5.41) is 32.7. The van der Waals surface area contributed by atoms with E-state index in [1.54, 1.807) is 20.8 Å². The summed E-state index contributed by atoms with van der Waals surface area (Å²) in [5.74, 6) is -2.34. The number of hydrogen-bond acceptors (Lipinski definition) is 9. The molecule has 0 saturated carbocycles. The largest absolute Gasteiger partial charge is 0.609 e. The van der Waals surface area contributed by atoms with Crippen molar-refractivity contribution in [2.24, 2.45) is 5.92 Å². The van der Waals surface area contributed by atoms with Gasteiger partial charge in [-0.2, -0.15) is 10.2 Å². The van der Waals surface area contributed by atoms with Gasteiger partial charge in [0.05, 0.1) is 16.6 Å². The van der Waals surface area contributed by atoms with Crippen LogP contribution in [0.2, 0.25) is 0 Å². The van der Waals surface area contributed by atoms with Crippen LogP contribution in [-0.4, -0.2) is 42.8 Å². The van der Waals surface area contributed by atoms with E-state index in [-0.39, 0.29) is 16.8 Å². The fourth-order valence-corrected chi connectivity index (χ4v) is 3.08. The normalized spacial score (nSPS) is 13.5. The summed E-state index contributed by atoms with van der Waals surface area (Å²) in [6, 6.07) is 5.24. The van der Waals surface area contributed by atoms with Crippen molar-refractivity contribution in [3.05, 3.63) is 39.4 Å². The van der Waals surface area contributed by atoms with E-state index >= 15 is 0 Å². The van der Waals surface area contributed by atoms with E-state index in [1.165, 1.54) is 24.5 Å². The molecule has 0 aliphatic rings. The smallest absolute Gasteiger partial charge is 0.373 e. The Labute approximate surface area is 181 Å². The van der Waals surface area contributed by atoms with Crippen molar-refractivity contribution < 1.29 is 24.1 Å². The molecular weight excluding hydrogens is 426 g/mol. The molecule has 1 aromatic carbocycles. The highest BCUT2D eigenvalue weighted by Crippen LogP contribution is 2.37. The maximum Gasteiger partial charge on any atom is 0.373 e. The summed E-state index contributed by atoms with van der Waals surface area (Å²) < 4.78 is 17.6. The number of carboxylic acid groups (broad SMARTS) is 1. The lowest BCUT2D eigenvalue weighted by Crippen LogP contribution is -2.36. The van der Waals surface area contributed by atoms with E-state index < -0.39 is 45.5 Å². The minimum Gasteiger partial charge on any atom is -0.609 e. The van der Waals surface area contributed by atoms with Crippen LogP contribution < -0.4 is 10.1 Å². The van der Waals surface area contributed by atoms with Crippen molar-refractivity contribution in [3.63, 3.8) is 0 Å². The number of benzene rings is 1. The number of nitro groups is 1. The first kappa shape index (κ1) is 23.8. The standard InChI is InChI=1S/C19H21N5O6S/c1-5-10(2)14(18(25)26)21-16-15(24(27)28)17(23-19(22-16)31(4)29)30-13-7-6-12(9-20)11(3)8-13/h6-8,10,14H,5H2,1-4H3,(H,25,26)(H,21,22,23). The van der Waals surface area contributed by atoms with E-state index in [1.807, 2.05) is 6.07 Å². The van der Waals surface area contributed by atoms with Crippen molar-refractivity contribution in [1.29, 1.82) is 5.26 Å². The van der Waals surface area contributed by atoms with Gasteiger partial charge in [-0.05, 0) is 36.6 Å². The topological polar surface area (TPSA) is 174 Å². The second-order valence-corrected chi connectivity index (χ2v) is 8.03. The summed E-state index contributed by atoms with van der Waals surface area (Å²) in [5.41, 5.74) is 0.294. The Bertz CT molecular complexity index is 1040. The fourth-order valence-electron chi connectivity index (χ4n) is 2.65. The second kappa shape index (κ2) is 10.1. The molecule has 0 spiro atoms. The third kappa shape index (κ3) is 5.59. The van der Waals surface area contributed by atoms with Crippen LogP contribution in [0, 0.1) is 34.3 Å². The number of hydrogen-bond donors (Lipinski definition) is 2. The molecule has 3 unspecified atom stereocenters. The van der Waals surface area contributed by atoms with Crippen LogP contribution in [0.25, 0.3) is 0 Å². The number of carbonyl (C=O) groups is 1. The molecule has 1 aromatic heterocycles. The molecule has 31 heavy (non-hydrogen) atoms. The van der Waals surface area contributed by atoms with E-state index in [9.17, 15) is 24.6 Å². The number of ether oxygens (including phenoxy) is 1. The van der Waals surface area contributed by atoms with Crippen molar-refractivity contribution in [3.8, 4) is 17.7 Å². The average molecular weight is 447 g/mol. The lowest BCUT2D eigenvalue weighted by atomic mass is 9.99. The first-order valence-electron chi connectivity index (χ1n) is 9.16. The van der Waals surface area contributed by atoms with E-state index in [4.69, 9.17) is 10.00 Å². The lowest BCUT2D eigenvalue weighted by molar-refractivity contribution is -0.385. The molecule has 0 fully saturated rings. The number of nitriles is 1. The van der Waals surface area contributed by atoms with Gasteiger partial charge in [0.15, 0.2) is 0 Å². The van der Waals surface area contributed by atoms with Gasteiger partial charge in [-0.1, -0.05) is 20.3 Å². The number of aromatic nitrogens is 2. The molecule has 12 heteroatoms. The summed E-state index contributed by atoms with van der Waals surface area (Å²) in [4.78, 5) is 30.5. The molecule has 0 aliphatic heterocycles. The van der Waals surface area contributed by atoms with Gasteiger partial charge < -0.3 is 19.7 Å². The quantitative estimate of drug-likeness (QED) is 0.251. The van der Waals surface area contributed by atoms with Crippen LogP contribution >= 0.6 is 0 Å². The van der Waals surface area contributed by atoms with Gasteiger partial charge in [0, 0.05) is 11.2 Å². The first-order valence-corrected chi connectivity index (χ1v) is 10.7. The van der Waals surface area contributed by atoms with Crippen LogP contribution in [0.4, 0.5) is 11.5 Å². The Morgan fingerprint density at radius 2 is 2.13 bits per heavy atom. The summed E-state index contributed by atoms with van der Waals surface area (Å²) in [6.45, 7) is 5.13. The molecule has 0 saturated heterocycles. The summed E-state index contributed by atoms with van der Waals surface area (Å²) in [6.07, 6.45) is 1.77. The zero-order valence-electron chi connectivity index (χ0n) is 17.3. The van der Waals surface area contributed by atoms with Crippen molar-refractivity contribution in [2.45, 2.75) is 38.4 Å². The highest BCUT2D eigenvalue weighted by atomic mass is 32.2. The lowest BCUT2D eigenvalue weighted by Gasteiger charge is -2.21. The summed E-state index contributed by atoms with van der Waals surface area (Å²) >= 11 is -1.73. The molecule has 0 amide bonds. The number of nitrogens with zero attached hydrogens (tertiary/aromatic N) is 4. The first-order chi connectivity index (χ1) is 14.6. The molecule has 0 aliphatic carbocycles. The Morgan fingerprint density at radius 3 is 2.61 bits per heavy atom. The molecule has 2 aromatic rings. The van der Waals surface area contributed by atoms with Crippen LogP contribution in [0.15, 0.2) is 23.4 Å². The Hall–Kier alpha value is -3.43. The van der Waals surface area contributed by atoms with Crippen LogP contribution in [0.5, 0.6) is 11.6 Å². The predicted molar refractivity (Wildman–Crippen MR) is 111 cm³/mol. The van der Waals surface area contributed by atoms with Crippen molar-refractivity contribution in [2.75, 3.05) is 11.6 Å². The van der Waals surface area contributed by atoms with E-state index in [0.717, 1.165) is 0 Å². The molecule has 0 radical (unpaired) electrons. The fraction of sp³-hybridized carbons (Fsp3) is 0.368. The van der Waals surface area contributed by atoms with Crippen molar-refractivity contribution in [1.82, 2.24) is 9.97 Å². The van der Waals surface area contributed by atoms with E-state index in [0.29, 0.717) is 17.5 Å². The van der Waals surface area contributed by atoms with Crippen molar-refractivity contribution >= 4 is 28.7 Å². The van der Waals surface area contributed by atoms with Gasteiger partial charge in [-0.25, -0.2) is 4.79 Å². The monoisotopic (exact) mass is 447 g/mol. The van der Waals surface area contributed by atoms with Crippen LogP contribution in [-0.2, 0) is 16.0 Å². The van der Waals surface area contributed by atoms with Gasteiger partial charge in [0.1, 0.15) is 18.0 Å². The molecule has 2 rings (SSSR count). The van der Waals surface area contributed by atoms with Gasteiger partial charge in [-0.3, -0.25) is 10.1 Å². The van der Waals surface area contributed by atoms with Gasteiger partial charge in [-0.15, -0.1) is 4.98 Å². The number of nitrogens with one attached hydrogen (secondary N) is 1. The molecule has 164 valence electrons. The maximum atomic E-state index is 12.0. The molecule has 0 bridgehead atoms. The van der Waals surface area contributed by atoms with Gasteiger partial charge in [0.25, 0.3) is 0 Å². The van der Waals surface area contributed by atoms with Crippen LogP contribution in [0.3, 0.4) is 0 Å². The number of carboxylic acids is 1. The SMILES string of the molecule is CCC(C)C(Nc1nc([S+](C)[O-])nc(Oc2ccc(C#N)c(C)c2)c1[N+](=O)[O-])C(=O)O. The molecule has 2 N–H and O–H groups in total. The predicted octanol–water partition coefficient (Wildman–Crippen LogP) is 3.01. The Morgan fingerprint density at radius 1 is 1.45 bits per heavy atom. The van der Waals surface area contributed by atoms with Gasteiger partial charge in [0.2, 0.25) is 5.82 Å². The Balaban J connectivity index is 2.62. The minimum absolute atomic E-state index is 0.161. The molecule has 11 nitrogen and oxygen atoms in total. The molecular formula is C19H21N5O6S. The average Bonchev–Trinajstić information content (AvgIpc) is 2.70. The number of anilines is 1. The Kier molecular flexibility index (Phi) is 7.73. The highest BCUT2D eigenvalue weighted by molar-refractivity contribution is 7.90. The second-order valence-electron chi connectivity index (χ2n) is 6.76. The third-order valence-corrected chi connectivity index (χ3v) is 5.27. The number of rotatable bonds is 9. The highest BCUT2D eigenvalue weighted by Gasteiger charge is 2.33. The summed E-state index contributed by atoms with van der Waals surface area (Å²) in [7, 11) is 0. The molecule has 3 atom stereocenters. The zero-order chi connectivity index (χ0) is 23.3. The molecule has 1 heterocycles. The zero-order valence-corrected chi connectivity index (χ0v) is 18.1.